The van der Waals surface area contributed by atoms with Crippen molar-refractivity contribution in [3.63, 3.8) is 0 Å². The molecule has 5 heteroatoms. The van der Waals surface area contributed by atoms with Gasteiger partial charge in [-0.05, 0) is 31.4 Å². The van der Waals surface area contributed by atoms with Crippen LogP contribution < -0.4 is 0 Å². The second-order valence-corrected chi connectivity index (χ2v) is 4.95. The van der Waals surface area contributed by atoms with Crippen LogP contribution in [0.2, 0.25) is 0 Å². The van der Waals surface area contributed by atoms with Crippen LogP contribution in [0.25, 0.3) is 0 Å². The molecule has 1 aliphatic rings. The normalized spacial score (nSPS) is 20.4. The molecule has 1 saturated heterocycles. The van der Waals surface area contributed by atoms with Gasteiger partial charge in [-0.1, -0.05) is 18.2 Å². The van der Waals surface area contributed by atoms with E-state index < -0.39 is 12.1 Å². The minimum absolute atomic E-state index is 0.112. The summed E-state index contributed by atoms with van der Waals surface area (Å²) in [6.45, 7) is 1.97. The maximum absolute atomic E-state index is 12.7. The average molecular weight is 271 g/mol. The van der Waals surface area contributed by atoms with Crippen LogP contribution in [0.5, 0.6) is 0 Å². The second kappa shape index (κ2) is 5.23. The van der Waals surface area contributed by atoms with Gasteiger partial charge in [-0.25, -0.2) is 0 Å². The highest BCUT2D eigenvalue weighted by atomic mass is 19.4. The number of rotatable bonds is 1. The molecule has 0 saturated carbocycles. The smallest absolute Gasteiger partial charge is 0.338 e. The van der Waals surface area contributed by atoms with E-state index in [2.05, 4.69) is 0 Å². The van der Waals surface area contributed by atoms with Crippen molar-refractivity contribution < 1.29 is 18.0 Å². The molecule has 0 unspecified atom stereocenters. The van der Waals surface area contributed by atoms with Crippen LogP contribution in [0.3, 0.4) is 0 Å². The molecular formula is C14H16F3NO. The number of hydrogen-bond donors (Lipinski definition) is 0. The topological polar surface area (TPSA) is 20.3 Å². The number of amides is 1. The summed E-state index contributed by atoms with van der Waals surface area (Å²) in [6.07, 6.45) is -3.70. The lowest BCUT2D eigenvalue weighted by molar-refractivity contribution is -0.184. The van der Waals surface area contributed by atoms with Crippen molar-refractivity contribution in [1.82, 2.24) is 4.90 Å². The summed E-state index contributed by atoms with van der Waals surface area (Å²) < 4.78 is 38.2. The zero-order chi connectivity index (χ0) is 14.0. The molecule has 0 aromatic heterocycles. The minimum Gasteiger partial charge on any atom is -0.338 e. The molecule has 2 rings (SSSR count). The van der Waals surface area contributed by atoms with Gasteiger partial charge in [-0.15, -0.1) is 0 Å². The van der Waals surface area contributed by atoms with E-state index in [-0.39, 0.29) is 18.9 Å². The van der Waals surface area contributed by atoms with Crippen LogP contribution in [0, 0.1) is 12.8 Å². The van der Waals surface area contributed by atoms with Crippen molar-refractivity contribution in [2.45, 2.75) is 25.9 Å². The van der Waals surface area contributed by atoms with E-state index in [1.807, 2.05) is 0 Å². The number of carbonyl (C=O) groups excluding carboxylic acids is 1. The Hall–Kier alpha value is -1.52. The van der Waals surface area contributed by atoms with Gasteiger partial charge in [0, 0.05) is 18.7 Å². The van der Waals surface area contributed by atoms with Crippen molar-refractivity contribution in [3.8, 4) is 0 Å². The Balaban J connectivity index is 2.14. The fraction of sp³-hybridized carbons (Fsp3) is 0.500. The summed E-state index contributed by atoms with van der Waals surface area (Å²) in [7, 11) is 0. The Morgan fingerprint density at radius 1 is 1.32 bits per heavy atom. The lowest BCUT2D eigenvalue weighted by atomic mass is 9.96. The molecule has 1 heterocycles. The molecular weight excluding hydrogens is 255 g/mol. The third kappa shape index (κ3) is 3.08. The predicted molar refractivity (Wildman–Crippen MR) is 65.9 cm³/mol. The fourth-order valence-corrected chi connectivity index (χ4v) is 2.41. The number of aryl methyl sites for hydroxylation is 1. The molecule has 1 atom stereocenters. The Bertz CT molecular complexity index is 470. The first-order valence-electron chi connectivity index (χ1n) is 6.31. The predicted octanol–water partition coefficient (Wildman–Crippen LogP) is 3.41. The van der Waals surface area contributed by atoms with E-state index in [4.69, 9.17) is 0 Å². The van der Waals surface area contributed by atoms with Crippen LogP contribution >= 0.6 is 0 Å². The maximum atomic E-state index is 12.7. The third-order valence-electron chi connectivity index (χ3n) is 3.55. The third-order valence-corrected chi connectivity index (χ3v) is 3.55. The number of benzene rings is 1. The molecule has 1 amide bonds. The van der Waals surface area contributed by atoms with Crippen molar-refractivity contribution in [1.29, 1.82) is 0 Å². The first kappa shape index (κ1) is 13.9. The van der Waals surface area contributed by atoms with Crippen molar-refractivity contribution in [2.75, 3.05) is 13.1 Å². The van der Waals surface area contributed by atoms with Crippen molar-refractivity contribution in [3.05, 3.63) is 35.4 Å². The number of nitrogens with zero attached hydrogens (tertiary/aromatic N) is 1. The second-order valence-electron chi connectivity index (χ2n) is 4.95. The summed E-state index contributed by atoms with van der Waals surface area (Å²) in [6, 6.07) is 6.99. The molecule has 0 aliphatic carbocycles. The summed E-state index contributed by atoms with van der Waals surface area (Å²) in [4.78, 5) is 13.6. The summed E-state index contributed by atoms with van der Waals surface area (Å²) in [5, 5.41) is 0. The molecule has 1 aliphatic heterocycles. The van der Waals surface area contributed by atoms with Crippen LogP contribution in [0.4, 0.5) is 13.2 Å². The van der Waals surface area contributed by atoms with E-state index in [0.29, 0.717) is 18.5 Å². The van der Waals surface area contributed by atoms with Crippen molar-refractivity contribution >= 4 is 5.91 Å². The maximum Gasteiger partial charge on any atom is 0.393 e. The molecule has 104 valence electrons. The number of halogens is 3. The van der Waals surface area contributed by atoms with Crippen LogP contribution in [-0.4, -0.2) is 30.1 Å². The Morgan fingerprint density at radius 3 is 2.63 bits per heavy atom. The minimum atomic E-state index is -4.22. The summed E-state index contributed by atoms with van der Waals surface area (Å²) in [5.41, 5.74) is 1.28. The molecule has 0 radical (unpaired) electrons. The van der Waals surface area contributed by atoms with Gasteiger partial charge in [-0.3, -0.25) is 4.79 Å². The molecule has 19 heavy (non-hydrogen) atoms. The average Bonchev–Trinajstić information content (AvgIpc) is 2.38. The molecule has 1 aromatic rings. The zero-order valence-corrected chi connectivity index (χ0v) is 10.7. The van der Waals surface area contributed by atoms with Crippen LogP contribution in [0.1, 0.15) is 28.8 Å². The molecule has 1 fully saturated rings. The highest BCUT2D eigenvalue weighted by molar-refractivity contribution is 5.95. The summed E-state index contributed by atoms with van der Waals surface area (Å²) >= 11 is 0. The molecule has 0 bridgehead atoms. The van der Waals surface area contributed by atoms with E-state index in [1.165, 1.54) is 4.90 Å². The van der Waals surface area contributed by atoms with E-state index >= 15 is 0 Å². The lowest BCUT2D eigenvalue weighted by Gasteiger charge is -2.34. The standard InChI is InChI=1S/C14H16F3NO/c1-10-5-2-3-7-12(10)13(19)18-8-4-6-11(9-18)14(15,16)17/h2-3,5,7,11H,4,6,8-9H2,1H3/t11-/m0/s1. The highest BCUT2D eigenvalue weighted by Crippen LogP contribution is 2.33. The van der Waals surface area contributed by atoms with Gasteiger partial charge in [0.2, 0.25) is 0 Å². The lowest BCUT2D eigenvalue weighted by Crippen LogP contribution is -2.44. The Labute approximate surface area is 110 Å². The van der Waals surface area contributed by atoms with E-state index in [0.717, 1.165) is 5.56 Å². The van der Waals surface area contributed by atoms with Gasteiger partial charge in [0.1, 0.15) is 0 Å². The summed E-state index contributed by atoms with van der Waals surface area (Å²) in [5.74, 6) is -1.69. The number of hydrogen-bond acceptors (Lipinski definition) is 1. The number of piperidine rings is 1. The zero-order valence-electron chi connectivity index (χ0n) is 10.7. The quantitative estimate of drug-likeness (QED) is 0.766. The van der Waals surface area contributed by atoms with E-state index in [1.54, 1.807) is 31.2 Å². The molecule has 2 nitrogen and oxygen atoms in total. The first-order chi connectivity index (χ1) is 8.89. The molecule has 1 aromatic carbocycles. The van der Waals surface area contributed by atoms with Gasteiger partial charge in [-0.2, -0.15) is 13.2 Å². The number of likely N-dealkylation sites (tertiary alicyclic amines) is 1. The largest absolute Gasteiger partial charge is 0.393 e. The highest BCUT2D eigenvalue weighted by Gasteiger charge is 2.42. The monoisotopic (exact) mass is 271 g/mol. The van der Waals surface area contributed by atoms with Crippen LogP contribution in [0.15, 0.2) is 24.3 Å². The van der Waals surface area contributed by atoms with Gasteiger partial charge < -0.3 is 4.90 Å². The van der Waals surface area contributed by atoms with Gasteiger partial charge in [0.15, 0.2) is 0 Å². The van der Waals surface area contributed by atoms with E-state index in [9.17, 15) is 18.0 Å². The first-order valence-corrected chi connectivity index (χ1v) is 6.31. The Morgan fingerprint density at radius 2 is 2.00 bits per heavy atom. The Kier molecular flexibility index (Phi) is 3.83. The SMILES string of the molecule is Cc1ccccc1C(=O)N1CCC[C@H](C(F)(F)F)C1. The van der Waals surface area contributed by atoms with Gasteiger partial charge >= 0.3 is 6.18 Å². The van der Waals surface area contributed by atoms with Gasteiger partial charge in [0.25, 0.3) is 5.91 Å². The van der Waals surface area contributed by atoms with Crippen LogP contribution in [-0.2, 0) is 0 Å². The number of carbonyl (C=O) groups is 1. The van der Waals surface area contributed by atoms with Gasteiger partial charge in [0.05, 0.1) is 5.92 Å². The molecule has 0 N–H and O–H groups in total. The molecule has 0 spiro atoms. The fourth-order valence-electron chi connectivity index (χ4n) is 2.41. The number of alkyl halides is 3. The van der Waals surface area contributed by atoms with Crippen molar-refractivity contribution in [2.24, 2.45) is 5.92 Å².